The minimum atomic E-state index is -0.627. The first-order chi connectivity index (χ1) is 7.11. The molecule has 1 rings (SSSR count). The van der Waals surface area contributed by atoms with Crippen LogP contribution in [0.1, 0.15) is 11.6 Å². The van der Waals surface area contributed by atoms with Crippen molar-refractivity contribution in [2.45, 2.75) is 6.04 Å². The van der Waals surface area contributed by atoms with Crippen LogP contribution in [0, 0.1) is 0 Å². The number of benzene rings is 1. The van der Waals surface area contributed by atoms with Crippen molar-refractivity contribution in [1.29, 1.82) is 0 Å². The molecule has 0 radical (unpaired) electrons. The number of hydrogen-bond acceptors (Lipinski definition) is 2. The Morgan fingerprint density at radius 2 is 2.07 bits per heavy atom. The van der Waals surface area contributed by atoms with E-state index in [0.29, 0.717) is 6.54 Å². The average Bonchev–Trinajstić information content (AvgIpc) is 2.26. The number of amides is 1. The van der Waals surface area contributed by atoms with Crippen molar-refractivity contribution in [3.8, 4) is 0 Å². The van der Waals surface area contributed by atoms with Gasteiger partial charge in [0, 0.05) is 11.0 Å². The van der Waals surface area contributed by atoms with E-state index in [1.165, 1.54) is 0 Å². The lowest BCUT2D eigenvalue weighted by Crippen LogP contribution is -2.34. The molecule has 3 nitrogen and oxygen atoms in total. The number of nitrogens with one attached hydrogen (secondary N) is 1. The third kappa shape index (κ3) is 3.85. The van der Waals surface area contributed by atoms with Crippen molar-refractivity contribution in [1.82, 2.24) is 5.32 Å². The monoisotopic (exact) mass is 268 g/mol. The molecule has 0 aromatic heterocycles. The molecule has 0 saturated heterocycles. The van der Waals surface area contributed by atoms with E-state index in [4.69, 9.17) is 5.73 Å². The second-order valence-electron chi connectivity index (χ2n) is 3.12. The Labute approximate surface area is 97.5 Å². The van der Waals surface area contributed by atoms with Crippen LogP contribution in [0.15, 0.2) is 41.4 Å². The zero-order valence-corrected chi connectivity index (χ0v) is 9.83. The Balaban J connectivity index is 2.57. The number of carbonyl (C=O) groups is 1. The summed E-state index contributed by atoms with van der Waals surface area (Å²) in [6, 6.07) is 8.62. The van der Waals surface area contributed by atoms with Gasteiger partial charge < -0.3 is 11.1 Å². The smallest absolute Gasteiger partial charge is 0.241 e. The second-order valence-corrected chi connectivity index (χ2v) is 4.24. The molecule has 1 amide bonds. The Bertz CT molecular complexity index is 351. The van der Waals surface area contributed by atoms with Crippen LogP contribution in [-0.2, 0) is 4.79 Å². The van der Waals surface area contributed by atoms with Crippen LogP contribution in [0.25, 0.3) is 0 Å². The molecule has 0 unspecified atom stereocenters. The fourth-order valence-electron chi connectivity index (χ4n) is 1.10. The molecule has 0 spiro atoms. The van der Waals surface area contributed by atoms with Crippen molar-refractivity contribution in [3.05, 3.63) is 47.0 Å². The van der Waals surface area contributed by atoms with Crippen molar-refractivity contribution < 1.29 is 4.79 Å². The lowest BCUT2D eigenvalue weighted by atomic mass is 10.1. The molecule has 15 heavy (non-hydrogen) atoms. The molecule has 3 N–H and O–H groups in total. The van der Waals surface area contributed by atoms with Crippen LogP contribution < -0.4 is 11.1 Å². The molecule has 0 fully saturated rings. The third-order valence-electron chi connectivity index (χ3n) is 1.90. The first-order valence-corrected chi connectivity index (χ1v) is 5.32. The fraction of sp³-hybridized carbons (Fsp3) is 0.182. The fourth-order valence-corrected chi connectivity index (χ4v) is 1.24. The zero-order chi connectivity index (χ0) is 11.3. The average molecular weight is 269 g/mol. The largest absolute Gasteiger partial charge is 0.350 e. The second kappa shape index (κ2) is 5.68. The van der Waals surface area contributed by atoms with E-state index >= 15 is 0 Å². The lowest BCUT2D eigenvalue weighted by Gasteiger charge is -2.11. The number of carbonyl (C=O) groups excluding carboxylic acids is 1. The highest BCUT2D eigenvalue weighted by Crippen LogP contribution is 2.09. The summed E-state index contributed by atoms with van der Waals surface area (Å²) in [6.45, 7) is 4.01. The van der Waals surface area contributed by atoms with Crippen LogP contribution in [0.4, 0.5) is 0 Å². The van der Waals surface area contributed by atoms with E-state index in [9.17, 15) is 4.79 Å². The van der Waals surface area contributed by atoms with Crippen LogP contribution in [-0.4, -0.2) is 12.5 Å². The Kier molecular flexibility index (Phi) is 4.52. The lowest BCUT2D eigenvalue weighted by molar-refractivity contribution is -0.122. The SMILES string of the molecule is C=C(Br)CNC(=O)[C@H](N)c1ccccc1. The molecule has 1 atom stereocenters. The maximum Gasteiger partial charge on any atom is 0.241 e. The number of nitrogens with two attached hydrogens (primary N) is 1. The molecular weight excluding hydrogens is 256 g/mol. The maximum absolute atomic E-state index is 11.5. The third-order valence-corrected chi connectivity index (χ3v) is 2.18. The van der Waals surface area contributed by atoms with Crippen LogP contribution >= 0.6 is 15.9 Å². The minimum Gasteiger partial charge on any atom is -0.350 e. The Morgan fingerprint density at radius 3 is 2.60 bits per heavy atom. The minimum absolute atomic E-state index is 0.207. The molecular formula is C11H13BrN2O. The van der Waals surface area contributed by atoms with Gasteiger partial charge in [-0.3, -0.25) is 4.79 Å². The molecule has 0 bridgehead atoms. The molecule has 0 heterocycles. The molecule has 0 aliphatic carbocycles. The summed E-state index contributed by atoms with van der Waals surface area (Å²) >= 11 is 3.16. The number of halogens is 1. The maximum atomic E-state index is 11.5. The van der Waals surface area contributed by atoms with E-state index < -0.39 is 6.04 Å². The first kappa shape index (κ1) is 11.9. The van der Waals surface area contributed by atoms with Gasteiger partial charge in [-0.25, -0.2) is 0 Å². The Morgan fingerprint density at radius 1 is 1.47 bits per heavy atom. The highest BCUT2D eigenvalue weighted by Gasteiger charge is 2.14. The quantitative estimate of drug-likeness (QED) is 0.874. The summed E-state index contributed by atoms with van der Waals surface area (Å²) in [7, 11) is 0. The molecule has 0 aliphatic rings. The first-order valence-electron chi connectivity index (χ1n) is 4.53. The highest BCUT2D eigenvalue weighted by atomic mass is 79.9. The van der Waals surface area contributed by atoms with Gasteiger partial charge in [-0.05, 0) is 5.56 Å². The van der Waals surface area contributed by atoms with Gasteiger partial charge in [-0.1, -0.05) is 52.8 Å². The topological polar surface area (TPSA) is 55.1 Å². The van der Waals surface area contributed by atoms with Crippen molar-refractivity contribution >= 4 is 21.8 Å². The normalized spacial score (nSPS) is 11.9. The van der Waals surface area contributed by atoms with E-state index in [0.717, 1.165) is 10.0 Å². The van der Waals surface area contributed by atoms with Crippen molar-refractivity contribution in [2.24, 2.45) is 5.73 Å². The van der Waals surface area contributed by atoms with E-state index in [1.807, 2.05) is 30.3 Å². The van der Waals surface area contributed by atoms with Crippen molar-refractivity contribution in [2.75, 3.05) is 6.54 Å². The molecule has 0 saturated carbocycles. The number of hydrogen-bond donors (Lipinski definition) is 2. The van der Waals surface area contributed by atoms with Crippen LogP contribution in [0.5, 0.6) is 0 Å². The van der Waals surface area contributed by atoms with Gasteiger partial charge >= 0.3 is 0 Å². The number of rotatable bonds is 4. The Hall–Kier alpha value is -1.13. The van der Waals surface area contributed by atoms with Gasteiger partial charge in [0.2, 0.25) is 5.91 Å². The summed E-state index contributed by atoms with van der Waals surface area (Å²) in [4.78, 5) is 11.5. The molecule has 80 valence electrons. The van der Waals surface area contributed by atoms with E-state index in [-0.39, 0.29) is 5.91 Å². The zero-order valence-electron chi connectivity index (χ0n) is 8.24. The van der Waals surface area contributed by atoms with Crippen LogP contribution in [0.3, 0.4) is 0 Å². The predicted molar refractivity (Wildman–Crippen MR) is 64.4 cm³/mol. The van der Waals surface area contributed by atoms with Gasteiger partial charge in [-0.15, -0.1) is 0 Å². The summed E-state index contributed by atoms with van der Waals surface area (Å²) in [5.41, 5.74) is 6.57. The van der Waals surface area contributed by atoms with Crippen molar-refractivity contribution in [3.63, 3.8) is 0 Å². The predicted octanol–water partition coefficient (Wildman–Crippen LogP) is 1.71. The van der Waals surface area contributed by atoms with E-state index in [1.54, 1.807) is 0 Å². The van der Waals surface area contributed by atoms with Crippen LogP contribution in [0.2, 0.25) is 0 Å². The van der Waals surface area contributed by atoms with Gasteiger partial charge in [-0.2, -0.15) is 0 Å². The molecule has 1 aromatic carbocycles. The van der Waals surface area contributed by atoms with E-state index in [2.05, 4.69) is 27.8 Å². The summed E-state index contributed by atoms with van der Waals surface area (Å²) < 4.78 is 0.719. The summed E-state index contributed by atoms with van der Waals surface area (Å²) in [5.74, 6) is -0.207. The summed E-state index contributed by atoms with van der Waals surface area (Å²) in [6.07, 6.45) is 0. The van der Waals surface area contributed by atoms with Gasteiger partial charge in [0.05, 0.1) is 0 Å². The standard InChI is InChI=1S/C11H13BrN2O/c1-8(12)7-14-11(15)10(13)9-5-3-2-4-6-9/h2-6,10H,1,7,13H2,(H,14,15)/t10-/m1/s1. The summed E-state index contributed by atoms with van der Waals surface area (Å²) in [5, 5.41) is 2.67. The van der Waals surface area contributed by atoms with Gasteiger partial charge in [0.15, 0.2) is 0 Å². The van der Waals surface area contributed by atoms with Gasteiger partial charge in [0.25, 0.3) is 0 Å². The highest BCUT2D eigenvalue weighted by molar-refractivity contribution is 9.11. The molecule has 1 aromatic rings. The van der Waals surface area contributed by atoms with Gasteiger partial charge in [0.1, 0.15) is 6.04 Å². The molecule has 4 heteroatoms. The molecule has 0 aliphatic heterocycles.